The number of carbonyl (C=O) groups is 1. The molecule has 0 spiro atoms. The zero-order valence-electron chi connectivity index (χ0n) is 12.3. The van der Waals surface area contributed by atoms with Crippen LogP contribution in [-0.2, 0) is 4.79 Å². The number of rotatable bonds is 3. The van der Waals surface area contributed by atoms with Crippen molar-refractivity contribution in [3.63, 3.8) is 0 Å². The Kier molecular flexibility index (Phi) is 4.06. The van der Waals surface area contributed by atoms with Gasteiger partial charge in [0, 0.05) is 31.6 Å². The third-order valence-corrected chi connectivity index (χ3v) is 4.65. The molecule has 0 aliphatic carbocycles. The number of likely N-dealkylation sites (N-methyl/N-ethyl adjacent to an activating group) is 1. The fourth-order valence-corrected chi connectivity index (χ4v) is 3.23. The predicted molar refractivity (Wildman–Crippen MR) is 70.2 cm³/mol. The van der Waals surface area contributed by atoms with E-state index in [0.29, 0.717) is 0 Å². The molecular weight excluding hydrogens is 269 g/mol. The van der Waals surface area contributed by atoms with Gasteiger partial charge in [-0.15, -0.1) is 0 Å². The minimum Gasteiger partial charge on any atom is -0.334 e. The number of fused-ring (bicyclic) bond motifs is 2. The molecule has 0 radical (unpaired) electrons. The van der Waals surface area contributed by atoms with Crippen LogP contribution < -0.4 is 0 Å². The van der Waals surface area contributed by atoms with E-state index >= 15 is 0 Å². The Morgan fingerprint density at radius 2 is 1.65 bits per heavy atom. The van der Waals surface area contributed by atoms with Crippen LogP contribution >= 0.6 is 0 Å². The Balaban J connectivity index is 2.05. The van der Waals surface area contributed by atoms with Gasteiger partial charge in [-0.3, -0.25) is 9.69 Å². The van der Waals surface area contributed by atoms with E-state index in [1.807, 2.05) is 0 Å². The normalized spacial score (nSPS) is 28.0. The lowest BCUT2D eigenvalue weighted by molar-refractivity contribution is -0.216. The molecule has 116 valence electrons. The molecule has 0 aromatic heterocycles. The van der Waals surface area contributed by atoms with Gasteiger partial charge in [-0.1, -0.05) is 20.8 Å². The first kappa shape index (κ1) is 15.6. The second-order valence-electron chi connectivity index (χ2n) is 6.60. The summed E-state index contributed by atoms with van der Waals surface area (Å²) in [6.07, 6.45) is -2.96. The second-order valence-corrected chi connectivity index (χ2v) is 6.60. The molecule has 20 heavy (non-hydrogen) atoms. The first-order valence-electron chi connectivity index (χ1n) is 7.26. The molecule has 0 aromatic rings. The van der Waals surface area contributed by atoms with Crippen molar-refractivity contribution in [3.8, 4) is 0 Å². The Labute approximate surface area is 118 Å². The van der Waals surface area contributed by atoms with Gasteiger partial charge in [0.2, 0.25) is 5.91 Å². The first-order chi connectivity index (χ1) is 9.15. The number of hydrogen-bond donors (Lipinski definition) is 0. The number of carbonyl (C=O) groups excluding carboxylic acids is 1. The molecule has 0 aromatic carbocycles. The topological polar surface area (TPSA) is 23.6 Å². The average Bonchev–Trinajstić information content (AvgIpc) is 2.58. The number of amides is 1. The largest absolute Gasteiger partial charge is 0.394 e. The number of nitrogens with zero attached hydrogens (tertiary/aromatic N) is 2. The zero-order chi connectivity index (χ0) is 15.1. The fourth-order valence-electron chi connectivity index (χ4n) is 3.23. The highest BCUT2D eigenvalue weighted by atomic mass is 19.4. The van der Waals surface area contributed by atoms with E-state index in [4.69, 9.17) is 0 Å². The van der Waals surface area contributed by atoms with Crippen LogP contribution in [0.2, 0.25) is 0 Å². The van der Waals surface area contributed by atoms with Crippen LogP contribution in [-0.4, -0.2) is 53.6 Å². The Bertz CT molecular complexity index is 367. The van der Waals surface area contributed by atoms with Gasteiger partial charge in [-0.2, -0.15) is 13.2 Å². The SMILES string of the molecule is CCN1CC2CCC(C1)N2C(=O)CC(C)(C)C(F)(F)F. The third-order valence-electron chi connectivity index (χ3n) is 4.65. The van der Waals surface area contributed by atoms with Gasteiger partial charge in [-0.25, -0.2) is 0 Å². The molecule has 6 heteroatoms. The molecule has 2 aliphatic heterocycles. The lowest BCUT2D eigenvalue weighted by Gasteiger charge is -2.42. The number of alkyl halides is 3. The lowest BCUT2D eigenvalue weighted by Crippen LogP contribution is -2.56. The highest BCUT2D eigenvalue weighted by Crippen LogP contribution is 2.42. The maximum absolute atomic E-state index is 12.9. The van der Waals surface area contributed by atoms with Crippen LogP contribution in [0.1, 0.15) is 40.0 Å². The van der Waals surface area contributed by atoms with Gasteiger partial charge in [0.25, 0.3) is 0 Å². The average molecular weight is 292 g/mol. The molecule has 1 amide bonds. The van der Waals surface area contributed by atoms with Gasteiger partial charge in [0.1, 0.15) is 0 Å². The van der Waals surface area contributed by atoms with E-state index in [2.05, 4.69) is 11.8 Å². The van der Waals surface area contributed by atoms with Crippen molar-refractivity contribution in [2.24, 2.45) is 5.41 Å². The molecule has 2 heterocycles. The Morgan fingerprint density at radius 3 is 2.05 bits per heavy atom. The maximum atomic E-state index is 12.9. The van der Waals surface area contributed by atoms with Crippen molar-refractivity contribution in [2.75, 3.05) is 19.6 Å². The van der Waals surface area contributed by atoms with Crippen molar-refractivity contribution in [3.05, 3.63) is 0 Å². The maximum Gasteiger partial charge on any atom is 0.394 e. The fraction of sp³-hybridized carbons (Fsp3) is 0.929. The summed E-state index contributed by atoms with van der Waals surface area (Å²) in [6, 6.07) is 0.204. The second kappa shape index (κ2) is 5.20. The summed E-state index contributed by atoms with van der Waals surface area (Å²) < 4.78 is 38.7. The molecular formula is C14H23F3N2O. The number of hydrogen-bond acceptors (Lipinski definition) is 2. The molecule has 2 rings (SSSR count). The molecule has 2 unspecified atom stereocenters. The van der Waals surface area contributed by atoms with Gasteiger partial charge >= 0.3 is 6.18 Å². The summed E-state index contributed by atoms with van der Waals surface area (Å²) in [6.45, 7) is 6.81. The Morgan fingerprint density at radius 1 is 1.15 bits per heavy atom. The van der Waals surface area contributed by atoms with E-state index in [-0.39, 0.29) is 18.0 Å². The molecule has 3 nitrogen and oxygen atoms in total. The molecule has 2 atom stereocenters. The molecule has 2 bridgehead atoms. The molecule has 0 saturated carbocycles. The van der Waals surface area contributed by atoms with Crippen molar-refractivity contribution in [2.45, 2.75) is 58.3 Å². The van der Waals surface area contributed by atoms with E-state index in [9.17, 15) is 18.0 Å². The van der Waals surface area contributed by atoms with Crippen LogP contribution in [0.4, 0.5) is 13.2 Å². The Hall–Kier alpha value is -0.780. The molecule has 2 aliphatic rings. The molecule has 0 N–H and O–H groups in total. The smallest absolute Gasteiger partial charge is 0.334 e. The van der Waals surface area contributed by atoms with Crippen LogP contribution in [0.15, 0.2) is 0 Å². The highest BCUT2D eigenvalue weighted by Gasteiger charge is 2.51. The van der Waals surface area contributed by atoms with Gasteiger partial charge < -0.3 is 4.90 Å². The van der Waals surface area contributed by atoms with E-state index in [0.717, 1.165) is 46.3 Å². The standard InChI is InChI=1S/C14H23F3N2O/c1-4-18-8-10-5-6-11(9-18)19(10)12(20)7-13(2,3)14(15,16)17/h10-11H,4-9H2,1-3H3. The van der Waals surface area contributed by atoms with Crippen LogP contribution in [0.25, 0.3) is 0 Å². The van der Waals surface area contributed by atoms with Crippen molar-refractivity contribution >= 4 is 5.91 Å². The van der Waals surface area contributed by atoms with Gasteiger partial charge in [-0.05, 0) is 19.4 Å². The van der Waals surface area contributed by atoms with Crippen LogP contribution in [0.3, 0.4) is 0 Å². The number of likely N-dealkylation sites (tertiary alicyclic amines) is 1. The third kappa shape index (κ3) is 2.80. The van der Waals surface area contributed by atoms with Crippen molar-refractivity contribution in [1.82, 2.24) is 9.80 Å². The van der Waals surface area contributed by atoms with E-state index in [1.165, 1.54) is 0 Å². The number of piperazine rings is 1. The molecule has 2 saturated heterocycles. The van der Waals surface area contributed by atoms with Crippen LogP contribution in [0, 0.1) is 5.41 Å². The van der Waals surface area contributed by atoms with E-state index in [1.54, 1.807) is 4.90 Å². The summed E-state index contributed by atoms with van der Waals surface area (Å²) >= 11 is 0. The summed E-state index contributed by atoms with van der Waals surface area (Å²) in [7, 11) is 0. The summed E-state index contributed by atoms with van der Waals surface area (Å²) in [5.74, 6) is -0.337. The number of halogens is 3. The summed E-state index contributed by atoms with van der Waals surface area (Å²) in [4.78, 5) is 16.3. The van der Waals surface area contributed by atoms with Gasteiger partial charge in [0.15, 0.2) is 0 Å². The quantitative estimate of drug-likeness (QED) is 0.798. The van der Waals surface area contributed by atoms with Crippen molar-refractivity contribution < 1.29 is 18.0 Å². The predicted octanol–water partition coefficient (Wildman–Crippen LogP) is 2.66. The molecule has 2 fully saturated rings. The monoisotopic (exact) mass is 292 g/mol. The van der Waals surface area contributed by atoms with E-state index < -0.39 is 18.0 Å². The zero-order valence-corrected chi connectivity index (χ0v) is 12.3. The first-order valence-corrected chi connectivity index (χ1v) is 7.26. The summed E-state index contributed by atoms with van der Waals surface area (Å²) in [5.41, 5.74) is -1.95. The minimum atomic E-state index is -4.34. The van der Waals surface area contributed by atoms with Gasteiger partial charge in [0.05, 0.1) is 5.41 Å². The minimum absolute atomic E-state index is 0.102. The highest BCUT2D eigenvalue weighted by molar-refractivity contribution is 5.78. The summed E-state index contributed by atoms with van der Waals surface area (Å²) in [5, 5.41) is 0. The van der Waals surface area contributed by atoms with Crippen molar-refractivity contribution in [1.29, 1.82) is 0 Å². The van der Waals surface area contributed by atoms with Crippen LogP contribution in [0.5, 0.6) is 0 Å². The lowest BCUT2D eigenvalue weighted by atomic mass is 9.87.